The number of hydrogen-bond donors (Lipinski definition) is 1. The Bertz CT molecular complexity index is 1040. The average molecular weight is 427 g/mol. The van der Waals surface area contributed by atoms with Crippen LogP contribution in [0, 0.1) is 17.5 Å². The first kappa shape index (κ1) is 22.2. The van der Waals surface area contributed by atoms with Crippen LogP contribution in [0.1, 0.15) is 27.9 Å². The van der Waals surface area contributed by atoms with Crippen molar-refractivity contribution in [3.8, 4) is 0 Å². The Labute approximate surface area is 177 Å². The number of carbonyl (C=O) groups excluding carboxylic acids is 2. The predicted octanol–water partition coefficient (Wildman–Crippen LogP) is 4.58. The summed E-state index contributed by atoms with van der Waals surface area (Å²) in [5.74, 6) is -5.51. The molecule has 7 heteroatoms. The maximum Gasteiger partial charge on any atom is 0.308 e. The van der Waals surface area contributed by atoms with E-state index in [-0.39, 0.29) is 13.2 Å². The molecule has 3 aromatic carbocycles. The van der Waals surface area contributed by atoms with Crippen molar-refractivity contribution in [2.75, 3.05) is 0 Å². The molecule has 0 unspecified atom stereocenters. The lowest BCUT2D eigenvalue weighted by Gasteiger charge is -2.18. The molecule has 1 N–H and O–H groups in total. The first-order chi connectivity index (χ1) is 14.9. The van der Waals surface area contributed by atoms with Gasteiger partial charge in [0.05, 0.1) is 18.0 Å². The summed E-state index contributed by atoms with van der Waals surface area (Å²) >= 11 is 0. The number of ketones is 1. The summed E-state index contributed by atoms with van der Waals surface area (Å²) in [6, 6.07) is 17.6. The molecule has 4 nitrogen and oxygen atoms in total. The predicted molar refractivity (Wildman–Crippen MR) is 109 cm³/mol. The Morgan fingerprint density at radius 3 is 2.03 bits per heavy atom. The fourth-order valence-electron chi connectivity index (χ4n) is 2.96. The molecule has 0 saturated carbocycles. The highest BCUT2D eigenvalue weighted by Gasteiger charge is 2.27. The third-order valence-corrected chi connectivity index (χ3v) is 4.60. The summed E-state index contributed by atoms with van der Waals surface area (Å²) in [6.07, 6.45) is -0.406. The normalized spacial score (nSPS) is 11.7. The lowest BCUT2D eigenvalue weighted by molar-refractivity contribution is -0.145. The molecule has 1 atom stereocenters. The average Bonchev–Trinajstić information content (AvgIpc) is 2.78. The molecule has 0 saturated heterocycles. The van der Waals surface area contributed by atoms with Crippen LogP contribution < -0.4 is 5.32 Å². The summed E-state index contributed by atoms with van der Waals surface area (Å²) in [4.78, 5) is 25.2. The molecule has 0 bridgehead atoms. The lowest BCUT2D eigenvalue weighted by Crippen LogP contribution is -2.39. The van der Waals surface area contributed by atoms with Crippen LogP contribution in [0.2, 0.25) is 0 Å². The topological polar surface area (TPSA) is 55.4 Å². The minimum absolute atomic E-state index is 0.0127. The van der Waals surface area contributed by atoms with Gasteiger partial charge < -0.3 is 10.1 Å². The van der Waals surface area contributed by atoms with Gasteiger partial charge >= 0.3 is 5.97 Å². The second-order valence-corrected chi connectivity index (χ2v) is 6.88. The molecule has 0 heterocycles. The Hall–Kier alpha value is -3.45. The quantitative estimate of drug-likeness (QED) is 0.309. The van der Waals surface area contributed by atoms with Crippen molar-refractivity contribution in [3.63, 3.8) is 0 Å². The van der Waals surface area contributed by atoms with Crippen molar-refractivity contribution in [3.05, 3.63) is 107 Å². The Morgan fingerprint density at radius 2 is 1.39 bits per heavy atom. The number of nitrogens with one attached hydrogen (secondary N) is 1. The van der Waals surface area contributed by atoms with Crippen LogP contribution in [0.3, 0.4) is 0 Å². The van der Waals surface area contributed by atoms with Crippen molar-refractivity contribution in [1.82, 2.24) is 5.32 Å². The summed E-state index contributed by atoms with van der Waals surface area (Å²) in [7, 11) is 0. The fourth-order valence-corrected chi connectivity index (χ4v) is 2.96. The van der Waals surface area contributed by atoms with Crippen molar-refractivity contribution < 1.29 is 27.5 Å². The van der Waals surface area contributed by atoms with Gasteiger partial charge in [0.15, 0.2) is 17.4 Å². The number of rotatable bonds is 9. The van der Waals surface area contributed by atoms with Gasteiger partial charge in [0, 0.05) is 12.6 Å². The Morgan fingerprint density at radius 1 is 0.806 bits per heavy atom. The molecule has 0 aliphatic rings. The molecule has 0 fully saturated rings. The van der Waals surface area contributed by atoms with Crippen LogP contribution >= 0.6 is 0 Å². The van der Waals surface area contributed by atoms with Gasteiger partial charge in [-0.2, -0.15) is 0 Å². The maximum atomic E-state index is 14.1. The molecule has 0 aliphatic carbocycles. The number of esters is 1. The van der Waals surface area contributed by atoms with E-state index in [2.05, 4.69) is 5.32 Å². The van der Waals surface area contributed by atoms with Crippen molar-refractivity contribution in [2.24, 2.45) is 0 Å². The van der Waals surface area contributed by atoms with Gasteiger partial charge in [0.1, 0.15) is 12.4 Å². The van der Waals surface area contributed by atoms with E-state index in [1.807, 2.05) is 12.1 Å². The van der Waals surface area contributed by atoms with E-state index in [0.717, 1.165) is 11.1 Å². The third kappa shape index (κ3) is 6.26. The SMILES string of the molecule is O=C(C[C@H](NCc1ccccc1)C(=O)c1cc(F)c(F)cc1F)OCc1ccccc1. The molecule has 0 spiro atoms. The molecule has 0 amide bonds. The van der Waals surface area contributed by atoms with E-state index in [4.69, 9.17) is 4.74 Å². The molecule has 3 rings (SSSR count). The molecule has 0 aliphatic heterocycles. The first-order valence-electron chi connectivity index (χ1n) is 9.59. The van der Waals surface area contributed by atoms with E-state index in [1.54, 1.807) is 48.5 Å². The van der Waals surface area contributed by atoms with Gasteiger partial charge in [-0.15, -0.1) is 0 Å². The number of Topliss-reactive ketones (excluding diaryl/α,β-unsaturated/α-hetero) is 1. The second-order valence-electron chi connectivity index (χ2n) is 6.88. The molecule has 0 aromatic heterocycles. The molecule has 0 radical (unpaired) electrons. The second kappa shape index (κ2) is 10.5. The van der Waals surface area contributed by atoms with Gasteiger partial charge in [-0.1, -0.05) is 60.7 Å². The van der Waals surface area contributed by atoms with E-state index >= 15 is 0 Å². The molecular formula is C24H20F3NO3. The summed E-state index contributed by atoms with van der Waals surface area (Å²) in [5, 5.41) is 2.89. The number of hydrogen-bond acceptors (Lipinski definition) is 4. The minimum Gasteiger partial charge on any atom is -0.461 e. The van der Waals surface area contributed by atoms with E-state index in [0.29, 0.717) is 12.1 Å². The standard InChI is InChI=1S/C24H20F3NO3/c25-19-12-21(27)20(26)11-18(19)24(30)22(28-14-16-7-3-1-4-8-16)13-23(29)31-15-17-9-5-2-6-10-17/h1-12,22,28H,13-15H2/t22-/m0/s1. The number of benzene rings is 3. The molecule has 3 aromatic rings. The molecular weight excluding hydrogens is 407 g/mol. The van der Waals surface area contributed by atoms with Crippen molar-refractivity contribution in [1.29, 1.82) is 0 Å². The van der Waals surface area contributed by atoms with Gasteiger partial charge in [0.25, 0.3) is 0 Å². The Balaban J connectivity index is 1.74. The number of ether oxygens (including phenoxy) is 1. The summed E-state index contributed by atoms with van der Waals surface area (Å²) in [6.45, 7) is 0.216. The van der Waals surface area contributed by atoms with Crippen molar-refractivity contribution >= 4 is 11.8 Å². The largest absolute Gasteiger partial charge is 0.461 e. The highest BCUT2D eigenvalue weighted by atomic mass is 19.2. The van der Waals surface area contributed by atoms with Crippen LogP contribution in [0.4, 0.5) is 13.2 Å². The molecule has 160 valence electrons. The Kier molecular flexibility index (Phi) is 7.56. The smallest absolute Gasteiger partial charge is 0.308 e. The number of halogens is 3. The number of carbonyl (C=O) groups is 2. The van der Waals surface area contributed by atoms with E-state index in [9.17, 15) is 22.8 Å². The van der Waals surface area contributed by atoms with Crippen LogP contribution in [-0.4, -0.2) is 17.8 Å². The van der Waals surface area contributed by atoms with E-state index < -0.39 is 47.2 Å². The monoisotopic (exact) mass is 427 g/mol. The van der Waals surface area contributed by atoms with Gasteiger partial charge in [0.2, 0.25) is 0 Å². The fraction of sp³-hybridized carbons (Fsp3) is 0.167. The minimum atomic E-state index is -1.40. The van der Waals surface area contributed by atoms with Crippen LogP contribution in [0.25, 0.3) is 0 Å². The zero-order chi connectivity index (χ0) is 22.2. The van der Waals surface area contributed by atoms with Crippen LogP contribution in [-0.2, 0) is 22.7 Å². The summed E-state index contributed by atoms with van der Waals surface area (Å²) < 4.78 is 46.2. The van der Waals surface area contributed by atoms with Gasteiger partial charge in [-0.3, -0.25) is 9.59 Å². The highest BCUT2D eigenvalue weighted by Crippen LogP contribution is 2.17. The lowest BCUT2D eigenvalue weighted by atomic mass is 10.00. The van der Waals surface area contributed by atoms with Crippen molar-refractivity contribution in [2.45, 2.75) is 25.6 Å². The first-order valence-corrected chi connectivity index (χ1v) is 9.59. The maximum absolute atomic E-state index is 14.1. The summed E-state index contributed by atoms with van der Waals surface area (Å²) in [5.41, 5.74) is 0.951. The zero-order valence-electron chi connectivity index (χ0n) is 16.5. The molecule has 31 heavy (non-hydrogen) atoms. The third-order valence-electron chi connectivity index (χ3n) is 4.60. The van der Waals surface area contributed by atoms with E-state index in [1.165, 1.54) is 0 Å². The van der Waals surface area contributed by atoms with Crippen LogP contribution in [0.5, 0.6) is 0 Å². The van der Waals surface area contributed by atoms with Gasteiger partial charge in [-0.25, -0.2) is 13.2 Å². The highest BCUT2D eigenvalue weighted by molar-refractivity contribution is 6.02. The zero-order valence-corrected chi connectivity index (χ0v) is 16.5. The van der Waals surface area contributed by atoms with Crippen LogP contribution in [0.15, 0.2) is 72.8 Å². The van der Waals surface area contributed by atoms with Gasteiger partial charge in [-0.05, 0) is 17.2 Å².